The Morgan fingerprint density at radius 3 is 2.77 bits per heavy atom. The van der Waals surface area contributed by atoms with E-state index in [0.29, 0.717) is 46.4 Å². The van der Waals surface area contributed by atoms with Crippen molar-refractivity contribution >= 4 is 51.0 Å². The second-order valence-electron chi connectivity index (χ2n) is 11.0. The number of allylic oxidation sites excluding steroid dienone is 2. The molecule has 0 saturated heterocycles. The molecule has 0 saturated carbocycles. The number of aromatic nitrogens is 3. The monoisotopic (exact) mass is 644 g/mol. The number of carbonyl (C=O) groups excluding carboxylic acids is 1. The number of halogens is 2. The molecular formula is C30H34BrClN4O3S. The highest BCUT2D eigenvalue weighted by Crippen LogP contribution is 2.48. The van der Waals surface area contributed by atoms with Crippen LogP contribution in [-0.4, -0.2) is 34.3 Å². The topological polar surface area (TPSA) is 78.3 Å². The highest BCUT2D eigenvalue weighted by atomic mass is 79.9. The molecule has 1 N–H and O–H groups in total. The van der Waals surface area contributed by atoms with E-state index in [1.54, 1.807) is 7.11 Å². The Labute approximate surface area is 253 Å². The van der Waals surface area contributed by atoms with E-state index in [1.165, 1.54) is 11.8 Å². The van der Waals surface area contributed by atoms with Gasteiger partial charge in [-0.3, -0.25) is 4.79 Å². The number of carbonyl (C=O) groups is 1. The van der Waals surface area contributed by atoms with Crippen LogP contribution >= 0.6 is 39.3 Å². The van der Waals surface area contributed by atoms with Crippen LogP contribution in [0.2, 0.25) is 5.02 Å². The van der Waals surface area contributed by atoms with Gasteiger partial charge in [-0.2, -0.15) is 4.98 Å². The van der Waals surface area contributed by atoms with Crippen LogP contribution in [0.5, 0.6) is 11.5 Å². The highest BCUT2D eigenvalue weighted by Gasteiger charge is 2.42. The van der Waals surface area contributed by atoms with Gasteiger partial charge < -0.3 is 14.8 Å². The number of thioether (sulfide) groups is 1. The van der Waals surface area contributed by atoms with E-state index >= 15 is 0 Å². The molecule has 0 amide bonds. The van der Waals surface area contributed by atoms with Crippen LogP contribution in [-0.2, 0) is 10.5 Å². The maximum absolute atomic E-state index is 13.7. The minimum absolute atomic E-state index is 0.116. The molecule has 212 valence electrons. The lowest BCUT2D eigenvalue weighted by atomic mass is 9.73. The fourth-order valence-corrected chi connectivity index (χ4v) is 6.97. The third kappa shape index (κ3) is 6.06. The molecule has 0 spiro atoms. The fraction of sp³-hybridized carbons (Fsp3) is 0.433. The number of fused-ring (bicyclic) bond motifs is 1. The number of benzene rings is 2. The number of hydrogen-bond donors (Lipinski definition) is 1. The molecule has 1 atom stereocenters. The number of ketones is 1. The summed E-state index contributed by atoms with van der Waals surface area (Å²) in [6.07, 6.45) is 4.42. The molecule has 1 aliphatic carbocycles. The first-order valence-corrected chi connectivity index (χ1v) is 15.7. The summed E-state index contributed by atoms with van der Waals surface area (Å²) in [7, 11) is 1.64. The van der Waals surface area contributed by atoms with Crippen molar-refractivity contribution in [3.63, 3.8) is 0 Å². The van der Waals surface area contributed by atoms with Gasteiger partial charge in [0, 0.05) is 28.5 Å². The quantitative estimate of drug-likeness (QED) is 0.176. The third-order valence-electron chi connectivity index (χ3n) is 7.19. The van der Waals surface area contributed by atoms with Crippen molar-refractivity contribution in [2.45, 2.75) is 69.8 Å². The first-order chi connectivity index (χ1) is 19.2. The van der Waals surface area contributed by atoms with Gasteiger partial charge in [0.15, 0.2) is 17.3 Å². The van der Waals surface area contributed by atoms with Crippen molar-refractivity contribution in [3.05, 3.63) is 68.3 Å². The zero-order valence-corrected chi connectivity index (χ0v) is 26.4. The Hall–Kier alpha value is -2.49. The number of nitrogens with zero attached hydrogens (tertiary/aromatic N) is 3. The second-order valence-corrected chi connectivity index (χ2v) is 13.2. The molecule has 7 nitrogen and oxygen atoms in total. The molecule has 10 heteroatoms. The molecule has 1 aliphatic heterocycles. The number of unbranched alkanes of at least 4 members (excludes halogenated alkanes) is 2. The Kier molecular flexibility index (Phi) is 8.83. The molecule has 3 aromatic rings. The molecule has 0 radical (unpaired) electrons. The van der Waals surface area contributed by atoms with Crippen LogP contribution in [0.3, 0.4) is 0 Å². The van der Waals surface area contributed by atoms with E-state index in [0.717, 1.165) is 52.6 Å². The number of ether oxygens (including phenoxy) is 2. The summed E-state index contributed by atoms with van der Waals surface area (Å²) >= 11 is 11.6. The Morgan fingerprint density at radius 1 is 1.23 bits per heavy atom. The van der Waals surface area contributed by atoms with Gasteiger partial charge in [-0.15, -0.1) is 5.10 Å². The van der Waals surface area contributed by atoms with Crippen LogP contribution in [0.25, 0.3) is 0 Å². The Balaban J connectivity index is 1.53. The van der Waals surface area contributed by atoms with Gasteiger partial charge in [0.05, 0.1) is 18.2 Å². The summed E-state index contributed by atoms with van der Waals surface area (Å²) in [6, 6.07) is 11.3. The van der Waals surface area contributed by atoms with Gasteiger partial charge in [-0.25, -0.2) is 4.68 Å². The minimum Gasteiger partial charge on any atom is -0.493 e. The van der Waals surface area contributed by atoms with Gasteiger partial charge in [0.1, 0.15) is 6.04 Å². The van der Waals surface area contributed by atoms with E-state index in [4.69, 9.17) is 31.2 Å². The number of rotatable bonds is 10. The summed E-state index contributed by atoms with van der Waals surface area (Å²) < 4.78 is 14.5. The number of nitrogens with one attached hydrogen (secondary N) is 1. The zero-order chi connectivity index (χ0) is 28.4. The Morgan fingerprint density at radius 2 is 2.02 bits per heavy atom. The van der Waals surface area contributed by atoms with Gasteiger partial charge in [0.2, 0.25) is 11.1 Å². The molecule has 0 bridgehead atoms. The lowest BCUT2D eigenvalue weighted by molar-refractivity contribution is -0.118. The van der Waals surface area contributed by atoms with E-state index in [9.17, 15) is 4.79 Å². The van der Waals surface area contributed by atoms with Crippen molar-refractivity contribution in [2.24, 2.45) is 5.41 Å². The van der Waals surface area contributed by atoms with E-state index in [2.05, 4.69) is 42.0 Å². The summed E-state index contributed by atoms with van der Waals surface area (Å²) in [5.41, 5.74) is 3.38. The average molecular weight is 646 g/mol. The molecule has 5 rings (SSSR count). The average Bonchev–Trinajstić information content (AvgIpc) is 3.31. The first-order valence-electron chi connectivity index (χ1n) is 13.6. The van der Waals surface area contributed by atoms with E-state index in [1.807, 2.05) is 41.1 Å². The maximum Gasteiger partial charge on any atom is 0.227 e. The van der Waals surface area contributed by atoms with Gasteiger partial charge in [-0.05, 0) is 63.5 Å². The molecular weight excluding hydrogens is 612 g/mol. The number of anilines is 1. The summed E-state index contributed by atoms with van der Waals surface area (Å²) in [5.74, 6) is 2.64. The lowest BCUT2D eigenvalue weighted by Crippen LogP contribution is -2.36. The predicted octanol–water partition coefficient (Wildman–Crippen LogP) is 8.22. The molecule has 1 unspecified atom stereocenters. The van der Waals surface area contributed by atoms with Gasteiger partial charge in [0.25, 0.3) is 0 Å². The minimum atomic E-state index is -0.448. The van der Waals surface area contributed by atoms with Gasteiger partial charge in [-0.1, -0.05) is 75.2 Å². The third-order valence-corrected chi connectivity index (χ3v) is 9.03. The zero-order valence-electron chi connectivity index (χ0n) is 23.2. The molecule has 0 fully saturated rings. The van der Waals surface area contributed by atoms with Gasteiger partial charge >= 0.3 is 0 Å². The normalized spacial score (nSPS) is 17.8. The van der Waals surface area contributed by atoms with Crippen LogP contribution in [0.15, 0.2) is 57.3 Å². The summed E-state index contributed by atoms with van der Waals surface area (Å²) in [4.78, 5) is 18.5. The smallest absolute Gasteiger partial charge is 0.227 e. The van der Waals surface area contributed by atoms with E-state index in [-0.39, 0.29) is 11.2 Å². The van der Waals surface area contributed by atoms with Crippen molar-refractivity contribution < 1.29 is 14.3 Å². The van der Waals surface area contributed by atoms with Crippen LogP contribution in [0.1, 0.15) is 70.0 Å². The standard InChI is InChI=1S/C30H34BrClN4O3S/c1-5-6-9-12-39-27-20(31)13-19(14-24(27)38-4)26-25-22(15-30(2,3)16-23(25)37)33-28-34-29(35-36(26)28)40-17-18-10-7-8-11-21(18)32/h7-8,10-11,13-14,26H,5-6,9,12,15-17H2,1-4H3,(H,33,34,35). The number of Topliss-reactive ketones (excluding diaryl/α,β-unsaturated/α-hetero) is 1. The van der Waals surface area contributed by atoms with E-state index < -0.39 is 6.04 Å². The predicted molar refractivity (Wildman–Crippen MR) is 164 cm³/mol. The Bertz CT molecular complexity index is 1450. The second kappa shape index (κ2) is 12.2. The number of methoxy groups -OCH3 is 1. The van der Waals surface area contributed by atoms with Crippen LogP contribution in [0, 0.1) is 5.41 Å². The van der Waals surface area contributed by atoms with Crippen molar-refractivity contribution in [1.82, 2.24) is 14.8 Å². The largest absolute Gasteiger partial charge is 0.493 e. The summed E-state index contributed by atoms with van der Waals surface area (Å²) in [5, 5.41) is 9.66. The first kappa shape index (κ1) is 29.0. The summed E-state index contributed by atoms with van der Waals surface area (Å²) in [6.45, 7) is 7.03. The van der Waals surface area contributed by atoms with Crippen LogP contribution in [0.4, 0.5) is 5.95 Å². The molecule has 2 aliphatic rings. The van der Waals surface area contributed by atoms with Crippen molar-refractivity contribution in [3.8, 4) is 11.5 Å². The molecule has 1 aromatic heterocycles. The molecule has 2 aromatic carbocycles. The number of hydrogen-bond acceptors (Lipinski definition) is 7. The van der Waals surface area contributed by atoms with Crippen LogP contribution < -0.4 is 14.8 Å². The highest BCUT2D eigenvalue weighted by molar-refractivity contribution is 9.10. The maximum atomic E-state index is 13.7. The SMILES string of the molecule is CCCCCOc1c(Br)cc(C2C3=C(CC(C)(C)CC3=O)Nc3nc(SCc4ccccc4Cl)nn32)cc1OC. The van der Waals surface area contributed by atoms with Crippen molar-refractivity contribution in [1.29, 1.82) is 0 Å². The fourth-order valence-electron chi connectivity index (χ4n) is 5.28. The molecule has 40 heavy (non-hydrogen) atoms. The lowest BCUT2D eigenvalue weighted by Gasteiger charge is -2.38. The molecule has 2 heterocycles. The van der Waals surface area contributed by atoms with Crippen molar-refractivity contribution in [2.75, 3.05) is 19.0 Å².